The second-order valence-electron chi connectivity index (χ2n) is 8.06. The van der Waals surface area contributed by atoms with Crippen LogP contribution < -0.4 is 15.5 Å². The van der Waals surface area contributed by atoms with Crippen molar-refractivity contribution in [1.29, 1.82) is 0 Å². The van der Waals surface area contributed by atoms with E-state index >= 15 is 0 Å². The molecule has 0 aliphatic rings. The van der Waals surface area contributed by atoms with E-state index in [1.54, 1.807) is 29.8 Å². The average molecular weight is 479 g/mol. The number of carbonyl (C=O) groups is 2. The summed E-state index contributed by atoms with van der Waals surface area (Å²) in [6.45, 7) is 2.00. The molecule has 0 bridgehead atoms. The van der Waals surface area contributed by atoms with Crippen molar-refractivity contribution in [3.8, 4) is 5.75 Å². The van der Waals surface area contributed by atoms with Crippen LogP contribution in [0.3, 0.4) is 0 Å². The van der Waals surface area contributed by atoms with Crippen molar-refractivity contribution in [3.05, 3.63) is 84.4 Å². The lowest BCUT2D eigenvalue weighted by Gasteiger charge is -2.25. The van der Waals surface area contributed by atoms with Gasteiger partial charge in [-0.25, -0.2) is 10.3 Å². The van der Waals surface area contributed by atoms with Gasteiger partial charge in [0, 0.05) is 11.5 Å². The van der Waals surface area contributed by atoms with E-state index in [9.17, 15) is 9.59 Å². The maximum Gasteiger partial charge on any atom is 0.412 e. The first kappa shape index (κ1) is 25.7. The Morgan fingerprint density at radius 1 is 1.06 bits per heavy atom. The highest BCUT2D eigenvalue weighted by atomic mass is 16.6. The Labute approximate surface area is 204 Å². The highest BCUT2D eigenvalue weighted by Crippen LogP contribution is 2.32. The summed E-state index contributed by atoms with van der Waals surface area (Å²) in [6.07, 6.45) is 2.87. The molecule has 3 aromatic carbocycles. The molecular formula is C27H30N2O6. The van der Waals surface area contributed by atoms with Crippen molar-refractivity contribution < 1.29 is 29.4 Å². The van der Waals surface area contributed by atoms with Gasteiger partial charge in [0.25, 0.3) is 5.91 Å². The summed E-state index contributed by atoms with van der Waals surface area (Å²) in [4.78, 5) is 24.2. The van der Waals surface area contributed by atoms with E-state index < -0.39 is 18.1 Å². The van der Waals surface area contributed by atoms with Crippen LogP contribution in [0.1, 0.15) is 31.4 Å². The van der Waals surface area contributed by atoms with E-state index in [1.807, 2.05) is 55.5 Å². The molecule has 3 rings (SSSR count). The summed E-state index contributed by atoms with van der Waals surface area (Å²) >= 11 is 0. The van der Waals surface area contributed by atoms with Crippen LogP contribution in [0, 0.1) is 5.92 Å². The van der Waals surface area contributed by atoms with E-state index in [4.69, 9.17) is 19.8 Å². The molecule has 4 N–H and O–H groups in total. The third-order valence-electron chi connectivity index (χ3n) is 5.49. The fraction of sp³-hybridized carbons (Fsp3) is 0.259. The average Bonchev–Trinajstić information content (AvgIpc) is 2.88. The van der Waals surface area contributed by atoms with Crippen LogP contribution in [-0.2, 0) is 9.53 Å². The van der Waals surface area contributed by atoms with Crippen LogP contribution >= 0.6 is 0 Å². The molecule has 184 valence electrons. The number of allylic oxidation sites excluding steroid dienone is 1. The van der Waals surface area contributed by atoms with Crippen molar-refractivity contribution in [2.45, 2.75) is 25.9 Å². The van der Waals surface area contributed by atoms with Gasteiger partial charge in [0.1, 0.15) is 18.5 Å². The van der Waals surface area contributed by atoms with Crippen LogP contribution in [0.4, 0.5) is 10.5 Å². The molecule has 0 heterocycles. The molecule has 35 heavy (non-hydrogen) atoms. The number of aliphatic hydroxyl groups excluding tert-OH is 1. The Morgan fingerprint density at radius 2 is 1.83 bits per heavy atom. The van der Waals surface area contributed by atoms with Crippen LogP contribution in [0.15, 0.2) is 78.9 Å². The maximum atomic E-state index is 13.0. The Balaban J connectivity index is 1.78. The molecule has 3 aromatic rings. The first-order valence-electron chi connectivity index (χ1n) is 11.4. The van der Waals surface area contributed by atoms with Gasteiger partial charge in [0.2, 0.25) is 0 Å². The lowest BCUT2D eigenvalue weighted by molar-refractivity contribution is -0.124. The molecule has 0 fully saturated rings. The topological polar surface area (TPSA) is 117 Å². The minimum Gasteiger partial charge on any atom is -0.491 e. The molecule has 0 radical (unpaired) electrons. The Bertz CT molecular complexity index is 1160. The summed E-state index contributed by atoms with van der Waals surface area (Å²) < 4.78 is 11.4. The van der Waals surface area contributed by atoms with E-state index in [0.717, 1.165) is 16.3 Å². The fourth-order valence-corrected chi connectivity index (χ4v) is 3.78. The van der Waals surface area contributed by atoms with Crippen molar-refractivity contribution in [2.75, 3.05) is 18.5 Å². The van der Waals surface area contributed by atoms with Gasteiger partial charge in [-0.05, 0) is 47.9 Å². The number of aliphatic hydroxyl groups is 1. The van der Waals surface area contributed by atoms with E-state index in [-0.39, 0.29) is 19.1 Å². The molecule has 8 heteroatoms. The van der Waals surface area contributed by atoms with Crippen LogP contribution in [0.5, 0.6) is 5.75 Å². The van der Waals surface area contributed by atoms with Crippen LogP contribution in [-0.4, -0.2) is 35.5 Å². The van der Waals surface area contributed by atoms with Crippen LogP contribution in [0.25, 0.3) is 10.8 Å². The molecule has 0 aliphatic carbocycles. The number of nitrogens with one attached hydrogen (secondary N) is 2. The SMILES string of the molecule is C[C@@H](CC/C=C/C(=O)NO)[C@H](OC(=O)Nc1cccc2ccccc12)c1cccc(OCCO)c1. The quantitative estimate of drug-likeness (QED) is 0.175. The van der Waals surface area contributed by atoms with Crippen molar-refractivity contribution in [2.24, 2.45) is 5.92 Å². The van der Waals surface area contributed by atoms with E-state index in [2.05, 4.69) is 5.32 Å². The summed E-state index contributed by atoms with van der Waals surface area (Å²) in [5.41, 5.74) is 2.95. The van der Waals surface area contributed by atoms with Gasteiger partial charge in [-0.1, -0.05) is 61.5 Å². The normalized spacial score (nSPS) is 12.8. The Morgan fingerprint density at radius 3 is 2.63 bits per heavy atom. The number of hydrogen-bond acceptors (Lipinski definition) is 6. The summed E-state index contributed by atoms with van der Waals surface area (Å²) in [6, 6.07) is 20.6. The Kier molecular flexibility index (Phi) is 9.65. The zero-order valence-electron chi connectivity index (χ0n) is 19.5. The first-order valence-corrected chi connectivity index (χ1v) is 11.4. The number of hydroxylamine groups is 1. The van der Waals surface area contributed by atoms with Gasteiger partial charge in [-0.15, -0.1) is 0 Å². The van der Waals surface area contributed by atoms with Crippen LogP contribution in [0.2, 0.25) is 0 Å². The summed E-state index contributed by atoms with van der Waals surface area (Å²) in [7, 11) is 0. The second-order valence-corrected chi connectivity index (χ2v) is 8.06. The molecular weight excluding hydrogens is 448 g/mol. The standard InChI is InChI=1S/C27H30N2O6/c1-19(8-2-5-15-25(31)29-33)26(21-11-6-12-22(18-21)34-17-16-30)35-27(32)28-24-14-7-10-20-9-3-4-13-23(20)24/h3-7,9-15,18-19,26,30,33H,2,8,16-17H2,1H3,(H,28,32)(H,29,31)/b15-5+/t19-,26-/m0/s1. The molecule has 0 saturated heterocycles. The van der Waals surface area contributed by atoms with Gasteiger partial charge in [0.05, 0.1) is 12.3 Å². The predicted molar refractivity (Wildman–Crippen MR) is 133 cm³/mol. The molecule has 0 aromatic heterocycles. The minimum atomic E-state index is -0.603. The number of amides is 2. The molecule has 2 amide bonds. The monoisotopic (exact) mass is 478 g/mol. The second kappa shape index (κ2) is 13.1. The highest BCUT2D eigenvalue weighted by Gasteiger charge is 2.24. The van der Waals surface area contributed by atoms with Gasteiger partial charge >= 0.3 is 6.09 Å². The smallest absolute Gasteiger partial charge is 0.412 e. The number of rotatable bonds is 11. The highest BCUT2D eigenvalue weighted by molar-refractivity contribution is 6.00. The van der Waals surface area contributed by atoms with Gasteiger partial charge in [0.15, 0.2) is 0 Å². The van der Waals surface area contributed by atoms with Gasteiger partial charge in [-0.3, -0.25) is 15.3 Å². The Hall–Kier alpha value is -3.88. The minimum absolute atomic E-state index is 0.108. The number of benzene rings is 3. The maximum absolute atomic E-state index is 13.0. The summed E-state index contributed by atoms with van der Waals surface area (Å²) in [5, 5.41) is 22.4. The summed E-state index contributed by atoms with van der Waals surface area (Å²) in [5.74, 6) is -0.150. The van der Waals surface area contributed by atoms with Crippen molar-refractivity contribution >= 4 is 28.5 Å². The predicted octanol–water partition coefficient (Wildman–Crippen LogP) is 4.98. The molecule has 0 aliphatic heterocycles. The third-order valence-corrected chi connectivity index (χ3v) is 5.49. The number of ether oxygens (including phenoxy) is 2. The zero-order valence-corrected chi connectivity index (χ0v) is 19.5. The van der Waals surface area contributed by atoms with E-state index in [1.165, 1.54) is 6.08 Å². The number of anilines is 1. The van der Waals surface area contributed by atoms with Crippen molar-refractivity contribution in [3.63, 3.8) is 0 Å². The lowest BCUT2D eigenvalue weighted by atomic mass is 9.93. The fourth-order valence-electron chi connectivity index (χ4n) is 3.78. The molecule has 0 saturated carbocycles. The molecule has 0 spiro atoms. The number of carbonyl (C=O) groups excluding carboxylic acids is 2. The zero-order chi connectivity index (χ0) is 25.0. The van der Waals surface area contributed by atoms with E-state index in [0.29, 0.717) is 24.3 Å². The largest absolute Gasteiger partial charge is 0.491 e. The lowest BCUT2D eigenvalue weighted by Crippen LogP contribution is -2.22. The third kappa shape index (κ3) is 7.56. The van der Waals surface area contributed by atoms with Gasteiger partial charge < -0.3 is 14.6 Å². The number of hydrogen-bond donors (Lipinski definition) is 4. The van der Waals surface area contributed by atoms with Crippen molar-refractivity contribution in [1.82, 2.24) is 5.48 Å². The molecule has 0 unspecified atom stereocenters. The number of fused-ring (bicyclic) bond motifs is 1. The van der Waals surface area contributed by atoms with Gasteiger partial charge in [-0.2, -0.15) is 0 Å². The molecule has 2 atom stereocenters. The first-order chi connectivity index (χ1) is 17.0. The molecule has 8 nitrogen and oxygen atoms in total.